The van der Waals surface area contributed by atoms with Crippen molar-refractivity contribution in [3.63, 3.8) is 0 Å². The van der Waals surface area contributed by atoms with Crippen LogP contribution in [0.2, 0.25) is 0 Å². The number of hydrogen-bond donors (Lipinski definition) is 2. The van der Waals surface area contributed by atoms with Crippen molar-refractivity contribution in [1.82, 2.24) is 14.9 Å². The zero-order chi connectivity index (χ0) is 20.8. The molecule has 4 rings (SSSR count). The molecule has 2 N–H and O–H groups in total. The molecule has 9 nitrogen and oxygen atoms in total. The number of benzene rings is 1. The average molecular weight is 417 g/mol. The number of sulfonamides is 1. The van der Waals surface area contributed by atoms with E-state index in [0.29, 0.717) is 18.6 Å². The molecule has 2 aliphatic heterocycles. The third-order valence-electron chi connectivity index (χ3n) is 5.10. The van der Waals surface area contributed by atoms with Crippen LogP contribution < -0.4 is 10.6 Å². The van der Waals surface area contributed by atoms with Crippen LogP contribution >= 0.6 is 0 Å². The van der Waals surface area contributed by atoms with Gasteiger partial charge in [-0.15, -0.1) is 0 Å². The number of furan rings is 1. The Morgan fingerprint density at radius 3 is 2.45 bits per heavy atom. The van der Waals surface area contributed by atoms with E-state index in [0.717, 1.165) is 0 Å². The highest BCUT2D eigenvalue weighted by Crippen LogP contribution is 2.25. The molecule has 0 spiro atoms. The van der Waals surface area contributed by atoms with Crippen LogP contribution in [0, 0.1) is 6.92 Å². The van der Waals surface area contributed by atoms with Crippen LogP contribution in [0.25, 0.3) is 0 Å². The number of imide groups is 1. The molecule has 0 aliphatic carbocycles. The zero-order valence-electron chi connectivity index (χ0n) is 15.6. The molecule has 152 valence electrons. The van der Waals surface area contributed by atoms with E-state index in [-0.39, 0.29) is 46.8 Å². The van der Waals surface area contributed by atoms with E-state index < -0.39 is 21.8 Å². The summed E-state index contributed by atoms with van der Waals surface area (Å²) in [6, 6.07) is 7.05. The fourth-order valence-corrected chi connectivity index (χ4v) is 5.01. The Bertz CT molecular complexity index is 1110. The van der Waals surface area contributed by atoms with E-state index in [1.165, 1.54) is 22.5 Å². The van der Waals surface area contributed by atoms with Gasteiger partial charge in [0, 0.05) is 19.1 Å². The number of carbonyl (C=O) groups excluding carboxylic acids is 3. The number of aryl methyl sites for hydroxylation is 1. The van der Waals surface area contributed by atoms with Gasteiger partial charge in [0.2, 0.25) is 10.0 Å². The third kappa shape index (κ3) is 3.56. The molecule has 3 heterocycles. The predicted octanol–water partition coefficient (Wildman–Crippen LogP) is 1.05. The van der Waals surface area contributed by atoms with Crippen LogP contribution in [-0.2, 0) is 10.0 Å². The van der Waals surface area contributed by atoms with Gasteiger partial charge in [0.15, 0.2) is 5.76 Å². The van der Waals surface area contributed by atoms with Crippen LogP contribution in [0.1, 0.15) is 49.9 Å². The monoisotopic (exact) mass is 417 g/mol. The predicted molar refractivity (Wildman–Crippen MR) is 101 cm³/mol. The first kappa shape index (κ1) is 19.3. The maximum Gasteiger partial charge on any atom is 0.287 e. The molecule has 29 heavy (non-hydrogen) atoms. The Labute approximate surface area is 167 Å². The minimum Gasteiger partial charge on any atom is -0.456 e. The Morgan fingerprint density at radius 1 is 1.10 bits per heavy atom. The van der Waals surface area contributed by atoms with Crippen molar-refractivity contribution >= 4 is 27.7 Å². The first-order valence-corrected chi connectivity index (χ1v) is 10.6. The van der Waals surface area contributed by atoms with Crippen LogP contribution in [0.4, 0.5) is 0 Å². The molecule has 10 heteroatoms. The summed E-state index contributed by atoms with van der Waals surface area (Å²) in [6.07, 6.45) is 0.906. The second kappa shape index (κ2) is 7.12. The summed E-state index contributed by atoms with van der Waals surface area (Å²) in [5.41, 5.74) is 0.232. The molecule has 1 aromatic heterocycles. The van der Waals surface area contributed by atoms with E-state index in [1.807, 2.05) is 0 Å². The van der Waals surface area contributed by atoms with Crippen molar-refractivity contribution in [3.8, 4) is 0 Å². The first-order valence-electron chi connectivity index (χ1n) is 9.13. The maximum absolute atomic E-state index is 12.9. The second-order valence-electron chi connectivity index (χ2n) is 7.05. The van der Waals surface area contributed by atoms with E-state index in [2.05, 4.69) is 10.6 Å². The number of amides is 3. The second-order valence-corrected chi connectivity index (χ2v) is 8.99. The van der Waals surface area contributed by atoms with Crippen molar-refractivity contribution in [3.05, 3.63) is 53.0 Å². The standard InChI is InChI=1S/C19H19N3O6S/c1-11-2-5-16(28-11)19(25)20-12-6-8-22(9-7-12)29(26,27)13-3-4-14-15(10-13)18(24)21-17(14)23/h2-5,10,12H,6-9H2,1H3,(H,20,25)(H,21,23,24). The molecule has 2 aromatic rings. The lowest BCUT2D eigenvalue weighted by atomic mass is 10.1. The van der Waals surface area contributed by atoms with Gasteiger partial charge in [0.1, 0.15) is 5.76 Å². The topological polar surface area (TPSA) is 126 Å². The van der Waals surface area contributed by atoms with Crippen molar-refractivity contribution in [1.29, 1.82) is 0 Å². The Hall–Kier alpha value is -2.98. The van der Waals surface area contributed by atoms with Gasteiger partial charge in [-0.1, -0.05) is 0 Å². The summed E-state index contributed by atoms with van der Waals surface area (Å²) in [4.78, 5) is 35.6. The van der Waals surface area contributed by atoms with Gasteiger partial charge in [-0.2, -0.15) is 4.31 Å². The first-order chi connectivity index (χ1) is 13.8. The molecular weight excluding hydrogens is 398 g/mol. The average Bonchev–Trinajstić information content (AvgIpc) is 3.25. The van der Waals surface area contributed by atoms with Crippen LogP contribution in [-0.4, -0.2) is 49.6 Å². The quantitative estimate of drug-likeness (QED) is 0.717. The zero-order valence-corrected chi connectivity index (χ0v) is 16.4. The number of rotatable bonds is 4. The van der Waals surface area contributed by atoms with Crippen molar-refractivity contribution in [2.75, 3.05) is 13.1 Å². The van der Waals surface area contributed by atoms with Gasteiger partial charge < -0.3 is 9.73 Å². The highest BCUT2D eigenvalue weighted by atomic mass is 32.2. The number of hydrogen-bond acceptors (Lipinski definition) is 6. The lowest BCUT2D eigenvalue weighted by Crippen LogP contribution is -2.46. The van der Waals surface area contributed by atoms with E-state index in [9.17, 15) is 22.8 Å². The molecule has 1 saturated heterocycles. The van der Waals surface area contributed by atoms with E-state index in [4.69, 9.17) is 4.42 Å². The lowest BCUT2D eigenvalue weighted by molar-refractivity contribution is 0.0873. The number of nitrogens with one attached hydrogen (secondary N) is 2. The minimum atomic E-state index is -3.81. The van der Waals surface area contributed by atoms with Gasteiger partial charge in [0.05, 0.1) is 16.0 Å². The summed E-state index contributed by atoms with van der Waals surface area (Å²) >= 11 is 0. The van der Waals surface area contributed by atoms with Gasteiger partial charge in [-0.05, 0) is 50.1 Å². The van der Waals surface area contributed by atoms with Crippen LogP contribution in [0.3, 0.4) is 0 Å². The summed E-state index contributed by atoms with van der Waals surface area (Å²) in [6.45, 7) is 2.21. The molecule has 0 atom stereocenters. The number of nitrogens with zero attached hydrogens (tertiary/aromatic N) is 1. The number of fused-ring (bicyclic) bond motifs is 1. The van der Waals surface area contributed by atoms with Crippen LogP contribution in [0.15, 0.2) is 39.6 Å². The van der Waals surface area contributed by atoms with Gasteiger partial charge in [-0.25, -0.2) is 8.42 Å². The van der Waals surface area contributed by atoms with Crippen LogP contribution in [0.5, 0.6) is 0 Å². The van der Waals surface area contributed by atoms with E-state index >= 15 is 0 Å². The summed E-state index contributed by atoms with van der Waals surface area (Å²) in [5, 5.41) is 5.01. The van der Waals surface area contributed by atoms with E-state index in [1.54, 1.807) is 19.1 Å². The molecule has 0 bridgehead atoms. The van der Waals surface area contributed by atoms with Crippen molar-refractivity contribution in [2.45, 2.75) is 30.7 Å². The Kier molecular flexibility index (Phi) is 4.75. The van der Waals surface area contributed by atoms with Crippen molar-refractivity contribution < 1.29 is 27.2 Å². The molecule has 3 amide bonds. The maximum atomic E-state index is 12.9. The summed E-state index contributed by atoms with van der Waals surface area (Å²) in [7, 11) is -3.81. The van der Waals surface area contributed by atoms with Gasteiger partial charge in [-0.3, -0.25) is 19.7 Å². The molecular formula is C19H19N3O6S. The summed E-state index contributed by atoms with van der Waals surface area (Å²) in [5.74, 6) is -0.591. The number of carbonyl (C=O) groups is 3. The highest BCUT2D eigenvalue weighted by Gasteiger charge is 2.33. The van der Waals surface area contributed by atoms with Gasteiger partial charge in [0.25, 0.3) is 17.7 Å². The molecule has 0 saturated carbocycles. The molecule has 1 aromatic carbocycles. The third-order valence-corrected chi connectivity index (χ3v) is 6.99. The fraction of sp³-hybridized carbons (Fsp3) is 0.316. The van der Waals surface area contributed by atoms with Crippen molar-refractivity contribution in [2.24, 2.45) is 0 Å². The largest absolute Gasteiger partial charge is 0.456 e. The fourth-order valence-electron chi connectivity index (χ4n) is 3.51. The highest BCUT2D eigenvalue weighted by molar-refractivity contribution is 7.89. The molecule has 0 unspecified atom stereocenters. The van der Waals surface area contributed by atoms with Gasteiger partial charge >= 0.3 is 0 Å². The Balaban J connectivity index is 1.43. The minimum absolute atomic E-state index is 0.0327. The number of piperidine rings is 1. The molecule has 0 radical (unpaired) electrons. The lowest BCUT2D eigenvalue weighted by Gasteiger charge is -2.31. The Morgan fingerprint density at radius 2 is 1.79 bits per heavy atom. The smallest absolute Gasteiger partial charge is 0.287 e. The SMILES string of the molecule is Cc1ccc(C(=O)NC2CCN(S(=O)(=O)c3ccc4c(c3)C(=O)NC4=O)CC2)o1. The molecule has 1 fully saturated rings. The molecule has 2 aliphatic rings. The summed E-state index contributed by atoms with van der Waals surface area (Å²) < 4.78 is 32.5. The normalized spacial score (nSPS) is 17.8.